The standard InChI is InChI=1S/C20H25FN2O3S/c1-16-6-5-7-17(14-16)15-22-20(24)11-13-23(27(2,25)26)12-10-18-8-3-4-9-19(18)21/h3-9,14H,10-13,15H2,1-2H3,(H,22,24). The molecule has 0 heterocycles. The smallest absolute Gasteiger partial charge is 0.221 e. The molecular formula is C20H25FN2O3S. The fourth-order valence-corrected chi connectivity index (χ4v) is 3.57. The number of amides is 1. The Morgan fingerprint density at radius 3 is 2.52 bits per heavy atom. The summed E-state index contributed by atoms with van der Waals surface area (Å²) in [5.41, 5.74) is 2.55. The van der Waals surface area contributed by atoms with Gasteiger partial charge in [0.05, 0.1) is 6.26 Å². The first-order chi connectivity index (χ1) is 12.8. The topological polar surface area (TPSA) is 66.5 Å². The van der Waals surface area contributed by atoms with Gasteiger partial charge in [0.15, 0.2) is 0 Å². The van der Waals surface area contributed by atoms with E-state index < -0.39 is 10.0 Å². The number of halogens is 1. The van der Waals surface area contributed by atoms with E-state index in [1.54, 1.807) is 18.2 Å². The maximum atomic E-state index is 13.7. The molecule has 0 unspecified atom stereocenters. The Bertz CT molecular complexity index is 884. The van der Waals surface area contributed by atoms with E-state index in [1.165, 1.54) is 10.4 Å². The number of hydrogen-bond acceptors (Lipinski definition) is 3. The van der Waals surface area contributed by atoms with Crippen LogP contribution in [0.15, 0.2) is 48.5 Å². The van der Waals surface area contributed by atoms with Crippen LogP contribution >= 0.6 is 0 Å². The lowest BCUT2D eigenvalue weighted by Gasteiger charge is -2.20. The Balaban J connectivity index is 1.86. The van der Waals surface area contributed by atoms with Crippen molar-refractivity contribution in [2.75, 3.05) is 19.3 Å². The second-order valence-electron chi connectivity index (χ2n) is 6.52. The second-order valence-corrected chi connectivity index (χ2v) is 8.50. The summed E-state index contributed by atoms with van der Waals surface area (Å²) in [6, 6.07) is 14.1. The molecule has 7 heteroatoms. The van der Waals surface area contributed by atoms with E-state index in [9.17, 15) is 17.6 Å². The zero-order valence-corrected chi connectivity index (χ0v) is 16.4. The van der Waals surface area contributed by atoms with Crippen LogP contribution in [0.5, 0.6) is 0 Å². The highest BCUT2D eigenvalue weighted by atomic mass is 32.2. The van der Waals surface area contributed by atoms with E-state index in [-0.39, 0.29) is 37.7 Å². The summed E-state index contributed by atoms with van der Waals surface area (Å²) >= 11 is 0. The number of sulfonamides is 1. The van der Waals surface area contributed by atoms with E-state index in [4.69, 9.17) is 0 Å². The summed E-state index contributed by atoms with van der Waals surface area (Å²) in [5.74, 6) is -0.585. The molecule has 2 rings (SSSR count). The molecule has 0 saturated carbocycles. The van der Waals surface area contributed by atoms with E-state index in [2.05, 4.69) is 5.32 Å². The van der Waals surface area contributed by atoms with Crippen molar-refractivity contribution < 1.29 is 17.6 Å². The SMILES string of the molecule is Cc1cccc(CNC(=O)CCN(CCc2ccccc2F)S(C)(=O)=O)c1. The second kappa shape index (κ2) is 9.62. The zero-order chi connectivity index (χ0) is 19.9. The lowest BCUT2D eigenvalue weighted by atomic mass is 10.1. The number of hydrogen-bond donors (Lipinski definition) is 1. The average molecular weight is 392 g/mol. The van der Waals surface area contributed by atoms with Crippen LogP contribution < -0.4 is 5.32 Å². The summed E-state index contributed by atoms with van der Waals surface area (Å²) in [5, 5.41) is 2.80. The van der Waals surface area contributed by atoms with Crippen LogP contribution in [-0.4, -0.2) is 38.0 Å². The van der Waals surface area contributed by atoms with Gasteiger partial charge in [-0.25, -0.2) is 17.1 Å². The molecule has 0 saturated heterocycles. The molecule has 5 nitrogen and oxygen atoms in total. The number of nitrogens with zero attached hydrogens (tertiary/aromatic N) is 1. The minimum Gasteiger partial charge on any atom is -0.352 e. The van der Waals surface area contributed by atoms with Gasteiger partial charge in [0, 0.05) is 26.1 Å². The highest BCUT2D eigenvalue weighted by Crippen LogP contribution is 2.10. The van der Waals surface area contributed by atoms with E-state index >= 15 is 0 Å². The fourth-order valence-electron chi connectivity index (χ4n) is 2.73. The first-order valence-corrected chi connectivity index (χ1v) is 10.6. The minimum atomic E-state index is -3.49. The molecule has 0 radical (unpaired) electrons. The van der Waals surface area contributed by atoms with Crippen molar-refractivity contribution in [3.8, 4) is 0 Å². The molecule has 0 aromatic heterocycles. The van der Waals surface area contributed by atoms with Crippen molar-refractivity contribution in [3.63, 3.8) is 0 Å². The van der Waals surface area contributed by atoms with Crippen LogP contribution in [0.1, 0.15) is 23.1 Å². The van der Waals surface area contributed by atoms with Gasteiger partial charge < -0.3 is 5.32 Å². The summed E-state index contributed by atoms with van der Waals surface area (Å²) in [7, 11) is -3.49. The van der Waals surface area contributed by atoms with Crippen LogP contribution in [0.2, 0.25) is 0 Å². The van der Waals surface area contributed by atoms with Crippen molar-refractivity contribution in [2.45, 2.75) is 26.3 Å². The van der Waals surface area contributed by atoms with Crippen LogP contribution in [0.4, 0.5) is 4.39 Å². The van der Waals surface area contributed by atoms with Crippen molar-refractivity contribution in [2.24, 2.45) is 0 Å². The number of benzene rings is 2. The van der Waals surface area contributed by atoms with Gasteiger partial charge in [-0.3, -0.25) is 4.79 Å². The predicted octanol–water partition coefficient (Wildman–Crippen LogP) is 2.64. The lowest BCUT2D eigenvalue weighted by Crippen LogP contribution is -2.36. The van der Waals surface area contributed by atoms with E-state index in [0.717, 1.165) is 17.4 Å². The van der Waals surface area contributed by atoms with Gasteiger partial charge in [0.1, 0.15) is 5.82 Å². The molecular weight excluding hydrogens is 367 g/mol. The molecule has 1 amide bonds. The van der Waals surface area contributed by atoms with E-state index in [0.29, 0.717) is 12.1 Å². The van der Waals surface area contributed by atoms with Crippen molar-refractivity contribution >= 4 is 15.9 Å². The quantitative estimate of drug-likeness (QED) is 0.713. The van der Waals surface area contributed by atoms with Gasteiger partial charge in [-0.1, -0.05) is 48.0 Å². The van der Waals surface area contributed by atoms with Gasteiger partial charge in [-0.05, 0) is 30.5 Å². The maximum Gasteiger partial charge on any atom is 0.221 e. The Morgan fingerprint density at radius 2 is 1.85 bits per heavy atom. The Morgan fingerprint density at radius 1 is 1.11 bits per heavy atom. The predicted molar refractivity (Wildman–Crippen MR) is 104 cm³/mol. The number of aryl methyl sites for hydroxylation is 1. The average Bonchev–Trinajstić information content (AvgIpc) is 2.60. The summed E-state index contributed by atoms with van der Waals surface area (Å²) in [4.78, 5) is 12.1. The van der Waals surface area contributed by atoms with Gasteiger partial charge >= 0.3 is 0 Å². The molecule has 2 aromatic carbocycles. The molecule has 0 spiro atoms. The normalized spacial score (nSPS) is 11.6. The van der Waals surface area contributed by atoms with Gasteiger partial charge in [0.2, 0.25) is 15.9 Å². The van der Waals surface area contributed by atoms with Crippen LogP contribution in [0.3, 0.4) is 0 Å². The van der Waals surface area contributed by atoms with E-state index in [1.807, 2.05) is 31.2 Å². The maximum absolute atomic E-state index is 13.7. The fraction of sp³-hybridized carbons (Fsp3) is 0.350. The highest BCUT2D eigenvalue weighted by Gasteiger charge is 2.18. The molecule has 0 aliphatic heterocycles. The van der Waals surface area contributed by atoms with Gasteiger partial charge in [-0.15, -0.1) is 0 Å². The Hall–Kier alpha value is -2.25. The molecule has 0 aliphatic carbocycles. The minimum absolute atomic E-state index is 0.0517. The van der Waals surface area contributed by atoms with Crippen LogP contribution in [-0.2, 0) is 27.8 Å². The summed E-state index contributed by atoms with van der Waals surface area (Å²) in [6.45, 7) is 2.57. The lowest BCUT2D eigenvalue weighted by molar-refractivity contribution is -0.121. The van der Waals surface area contributed by atoms with Gasteiger partial charge in [-0.2, -0.15) is 0 Å². The van der Waals surface area contributed by atoms with Crippen molar-refractivity contribution in [1.82, 2.24) is 9.62 Å². The first-order valence-electron chi connectivity index (χ1n) is 8.76. The van der Waals surface area contributed by atoms with Crippen LogP contribution in [0.25, 0.3) is 0 Å². The number of carbonyl (C=O) groups is 1. The molecule has 0 aliphatic rings. The monoisotopic (exact) mass is 392 g/mol. The number of rotatable bonds is 9. The summed E-state index contributed by atoms with van der Waals surface area (Å²) < 4.78 is 38.9. The third kappa shape index (κ3) is 7.11. The number of carbonyl (C=O) groups excluding carboxylic acids is 1. The third-order valence-corrected chi connectivity index (χ3v) is 5.52. The first kappa shape index (κ1) is 21.1. The number of nitrogens with one attached hydrogen (secondary N) is 1. The largest absolute Gasteiger partial charge is 0.352 e. The van der Waals surface area contributed by atoms with Crippen LogP contribution in [0, 0.1) is 12.7 Å². The molecule has 27 heavy (non-hydrogen) atoms. The molecule has 2 aromatic rings. The van der Waals surface area contributed by atoms with Crippen molar-refractivity contribution in [3.05, 3.63) is 71.0 Å². The zero-order valence-electron chi connectivity index (χ0n) is 15.6. The molecule has 1 N–H and O–H groups in total. The molecule has 0 fully saturated rings. The molecule has 146 valence electrons. The Labute approximate surface area is 160 Å². The van der Waals surface area contributed by atoms with Crippen molar-refractivity contribution in [1.29, 1.82) is 0 Å². The molecule has 0 atom stereocenters. The summed E-state index contributed by atoms with van der Waals surface area (Å²) in [6.07, 6.45) is 1.40. The highest BCUT2D eigenvalue weighted by molar-refractivity contribution is 7.88. The third-order valence-electron chi connectivity index (χ3n) is 4.22. The molecule has 0 bridgehead atoms. The van der Waals surface area contributed by atoms with Gasteiger partial charge in [0.25, 0.3) is 0 Å². The Kier molecular flexibility index (Phi) is 7.50.